The van der Waals surface area contributed by atoms with Crippen LogP contribution >= 0.6 is 0 Å². The van der Waals surface area contributed by atoms with Crippen LogP contribution in [0.3, 0.4) is 0 Å². The first kappa shape index (κ1) is 13.7. The molecule has 1 saturated heterocycles. The van der Waals surface area contributed by atoms with Crippen molar-refractivity contribution in [1.82, 2.24) is 0 Å². The molecule has 94 valence electrons. The van der Waals surface area contributed by atoms with Gasteiger partial charge in [0.2, 0.25) is 0 Å². The monoisotopic (exact) mass is 226 g/mol. The minimum atomic E-state index is 0.891. The summed E-state index contributed by atoms with van der Waals surface area (Å²) in [6, 6.07) is 0.891. The van der Waals surface area contributed by atoms with E-state index in [4.69, 9.17) is 0 Å². The molecule has 0 aromatic carbocycles. The van der Waals surface area contributed by atoms with Gasteiger partial charge in [0.15, 0.2) is 0 Å². The first-order valence-corrected chi connectivity index (χ1v) is 6.99. The zero-order valence-electron chi connectivity index (χ0n) is 11.4. The Kier molecular flexibility index (Phi) is 6.07. The third-order valence-electron chi connectivity index (χ3n) is 3.86. The van der Waals surface area contributed by atoms with E-state index in [1.807, 2.05) is 4.90 Å². The number of likely N-dealkylation sites (tertiary alicyclic amines) is 1. The summed E-state index contributed by atoms with van der Waals surface area (Å²) in [5.74, 6) is 0. The van der Waals surface area contributed by atoms with Gasteiger partial charge in [-0.1, -0.05) is 13.5 Å². The molecule has 0 spiro atoms. The Balaban J connectivity index is 2.35. The van der Waals surface area contributed by atoms with E-state index in [9.17, 15) is 0 Å². The minimum Gasteiger partial charge on any atom is -0.335 e. The zero-order chi connectivity index (χ0) is 12.0. The lowest BCUT2D eigenvalue weighted by molar-refractivity contribution is -0.954. The van der Waals surface area contributed by atoms with Crippen molar-refractivity contribution in [3.63, 3.8) is 0 Å². The maximum atomic E-state index is 4.06. The number of likely N-dealkylation sites (N-methyl/N-ethyl adjacent to an activating group) is 1. The van der Waals surface area contributed by atoms with E-state index in [-0.39, 0.29) is 0 Å². The van der Waals surface area contributed by atoms with Crippen molar-refractivity contribution < 1.29 is 9.80 Å². The number of quaternary nitrogens is 2. The molecule has 0 aliphatic carbocycles. The second kappa shape index (κ2) is 7.08. The highest BCUT2D eigenvalue weighted by atomic mass is 15.2. The van der Waals surface area contributed by atoms with E-state index >= 15 is 0 Å². The average Bonchev–Trinajstić information content (AvgIpc) is 2.27. The molecule has 1 rings (SSSR count). The molecular formula is C14H30N2+2. The Morgan fingerprint density at radius 1 is 1.31 bits per heavy atom. The molecule has 2 N–H and O–H groups in total. The second-order valence-electron chi connectivity index (χ2n) is 5.42. The number of rotatable bonds is 6. The van der Waals surface area contributed by atoms with Gasteiger partial charge in [0.25, 0.3) is 0 Å². The van der Waals surface area contributed by atoms with Crippen LogP contribution in [0.25, 0.3) is 0 Å². The van der Waals surface area contributed by atoms with Gasteiger partial charge in [0, 0.05) is 12.8 Å². The maximum Gasteiger partial charge on any atom is 0.0985 e. The fourth-order valence-electron chi connectivity index (χ4n) is 2.98. The zero-order valence-corrected chi connectivity index (χ0v) is 11.4. The van der Waals surface area contributed by atoms with Crippen LogP contribution in [0, 0.1) is 0 Å². The van der Waals surface area contributed by atoms with Crippen molar-refractivity contribution in [3.8, 4) is 0 Å². The summed E-state index contributed by atoms with van der Waals surface area (Å²) < 4.78 is 0. The topological polar surface area (TPSA) is 8.88 Å². The number of hydrogen-bond acceptors (Lipinski definition) is 0. The van der Waals surface area contributed by atoms with Crippen LogP contribution in [-0.4, -0.2) is 38.8 Å². The van der Waals surface area contributed by atoms with Gasteiger partial charge in [0.05, 0.1) is 38.8 Å². The Hall–Kier alpha value is -0.340. The SMILES string of the molecule is C=C(C)C[NH+](CC)C1CC[NH+](CCC)CC1. The molecule has 1 aliphatic heterocycles. The normalized spacial score (nSPS) is 27.7. The summed E-state index contributed by atoms with van der Waals surface area (Å²) in [5.41, 5.74) is 1.33. The first-order valence-electron chi connectivity index (χ1n) is 6.99. The van der Waals surface area contributed by atoms with Crippen LogP contribution < -0.4 is 9.80 Å². The third kappa shape index (κ3) is 4.26. The minimum absolute atomic E-state index is 0.891. The van der Waals surface area contributed by atoms with Gasteiger partial charge in [0.1, 0.15) is 0 Å². The van der Waals surface area contributed by atoms with Gasteiger partial charge in [-0.05, 0) is 25.8 Å². The van der Waals surface area contributed by atoms with E-state index in [1.165, 1.54) is 57.6 Å². The smallest absolute Gasteiger partial charge is 0.0985 e. The molecule has 1 fully saturated rings. The third-order valence-corrected chi connectivity index (χ3v) is 3.86. The van der Waals surface area contributed by atoms with Gasteiger partial charge in [-0.25, -0.2) is 0 Å². The van der Waals surface area contributed by atoms with Crippen molar-refractivity contribution in [2.75, 3.05) is 32.7 Å². The second-order valence-corrected chi connectivity index (χ2v) is 5.42. The molecule has 0 saturated carbocycles. The van der Waals surface area contributed by atoms with E-state index in [1.54, 1.807) is 4.90 Å². The summed E-state index contributed by atoms with van der Waals surface area (Å²) in [7, 11) is 0. The van der Waals surface area contributed by atoms with Crippen LogP contribution in [0.1, 0.15) is 40.0 Å². The van der Waals surface area contributed by atoms with E-state index < -0.39 is 0 Å². The van der Waals surface area contributed by atoms with E-state index in [0.717, 1.165) is 6.04 Å². The fourth-order valence-corrected chi connectivity index (χ4v) is 2.98. The predicted octanol–water partition coefficient (Wildman–Crippen LogP) is -0.0754. The molecule has 1 unspecified atom stereocenters. The fraction of sp³-hybridized carbons (Fsp3) is 0.857. The average molecular weight is 226 g/mol. The van der Waals surface area contributed by atoms with Crippen molar-refractivity contribution in [2.24, 2.45) is 0 Å². The number of piperidine rings is 1. The number of nitrogens with one attached hydrogen (secondary N) is 2. The highest BCUT2D eigenvalue weighted by Crippen LogP contribution is 1.96. The molecule has 0 radical (unpaired) electrons. The summed E-state index contributed by atoms with van der Waals surface area (Å²) in [6.07, 6.45) is 4.15. The summed E-state index contributed by atoms with van der Waals surface area (Å²) in [4.78, 5) is 3.58. The lowest BCUT2D eigenvalue weighted by Crippen LogP contribution is -3.20. The van der Waals surface area contributed by atoms with Gasteiger partial charge < -0.3 is 9.80 Å². The van der Waals surface area contributed by atoms with Crippen LogP contribution in [-0.2, 0) is 0 Å². The molecule has 0 bridgehead atoms. The number of hydrogen-bond donors (Lipinski definition) is 2. The molecule has 1 aliphatic rings. The standard InChI is InChI=1S/C14H28N2/c1-5-9-15-10-7-14(8-11-15)16(6-2)12-13(3)4/h14H,3,5-12H2,1-2,4H3/p+2. The molecule has 0 amide bonds. The van der Waals surface area contributed by atoms with Crippen molar-refractivity contribution >= 4 is 0 Å². The van der Waals surface area contributed by atoms with E-state index in [0.29, 0.717) is 0 Å². The summed E-state index contributed by atoms with van der Waals surface area (Å²) in [5, 5.41) is 0. The summed E-state index contributed by atoms with van der Waals surface area (Å²) in [6.45, 7) is 17.4. The van der Waals surface area contributed by atoms with Crippen molar-refractivity contribution in [2.45, 2.75) is 46.1 Å². The summed E-state index contributed by atoms with van der Waals surface area (Å²) >= 11 is 0. The van der Waals surface area contributed by atoms with Crippen LogP contribution in [0.15, 0.2) is 12.2 Å². The van der Waals surface area contributed by atoms with Crippen LogP contribution in [0.4, 0.5) is 0 Å². The van der Waals surface area contributed by atoms with Crippen molar-refractivity contribution in [3.05, 3.63) is 12.2 Å². The quantitative estimate of drug-likeness (QED) is 0.587. The van der Waals surface area contributed by atoms with Gasteiger partial charge in [-0.2, -0.15) is 0 Å². The van der Waals surface area contributed by atoms with Gasteiger partial charge >= 0.3 is 0 Å². The lowest BCUT2D eigenvalue weighted by atomic mass is 10.0. The maximum absolute atomic E-state index is 4.06. The molecular weight excluding hydrogens is 196 g/mol. The Morgan fingerprint density at radius 3 is 2.38 bits per heavy atom. The van der Waals surface area contributed by atoms with Gasteiger partial charge in [-0.3, -0.25) is 0 Å². The van der Waals surface area contributed by atoms with Crippen molar-refractivity contribution in [1.29, 1.82) is 0 Å². The van der Waals surface area contributed by atoms with E-state index in [2.05, 4.69) is 27.4 Å². The highest BCUT2D eigenvalue weighted by molar-refractivity contribution is 4.87. The molecule has 1 atom stereocenters. The predicted molar refractivity (Wildman–Crippen MR) is 70.1 cm³/mol. The molecule has 0 aromatic rings. The largest absolute Gasteiger partial charge is 0.335 e. The molecule has 16 heavy (non-hydrogen) atoms. The Morgan fingerprint density at radius 2 is 1.94 bits per heavy atom. The van der Waals surface area contributed by atoms with Gasteiger partial charge in [-0.15, -0.1) is 0 Å². The van der Waals surface area contributed by atoms with Crippen LogP contribution in [0.5, 0.6) is 0 Å². The lowest BCUT2D eigenvalue weighted by Gasteiger charge is -2.33. The molecule has 1 heterocycles. The molecule has 0 aromatic heterocycles. The highest BCUT2D eigenvalue weighted by Gasteiger charge is 2.28. The molecule has 2 nitrogen and oxygen atoms in total. The first-order chi connectivity index (χ1) is 7.67. The Labute approximate surface area is 101 Å². The Bertz CT molecular complexity index is 205. The van der Waals surface area contributed by atoms with Crippen LogP contribution in [0.2, 0.25) is 0 Å². The molecule has 2 heteroatoms.